The summed E-state index contributed by atoms with van der Waals surface area (Å²) in [4.78, 5) is 16.1. The molecule has 100 valence electrons. The zero-order valence-corrected chi connectivity index (χ0v) is 11.7. The fraction of sp³-hybridized carbons (Fsp3) is 0.286. The SMILES string of the molecule is CCOc1ccc(-c2sc(CC)nc2C(=O)O)cc1. The Kier molecular flexibility index (Phi) is 4.16. The summed E-state index contributed by atoms with van der Waals surface area (Å²) < 4.78 is 5.37. The molecule has 1 aromatic heterocycles. The molecular weight excluding hydrogens is 262 g/mol. The van der Waals surface area contributed by atoms with Crippen LogP contribution in [0.1, 0.15) is 29.3 Å². The topological polar surface area (TPSA) is 59.4 Å². The van der Waals surface area contributed by atoms with Crippen LogP contribution in [-0.2, 0) is 6.42 Å². The predicted octanol–water partition coefficient (Wildman–Crippen LogP) is 3.47. The second-order valence-corrected chi connectivity index (χ2v) is 4.99. The Labute approximate surface area is 115 Å². The lowest BCUT2D eigenvalue weighted by molar-refractivity contribution is 0.0692. The van der Waals surface area contributed by atoms with Crippen LogP contribution in [0.15, 0.2) is 24.3 Å². The summed E-state index contributed by atoms with van der Waals surface area (Å²) in [6, 6.07) is 7.42. The summed E-state index contributed by atoms with van der Waals surface area (Å²) in [6.07, 6.45) is 0.738. The number of carboxylic acids is 1. The Hall–Kier alpha value is -1.88. The number of aromatic carboxylic acids is 1. The number of aromatic nitrogens is 1. The van der Waals surface area contributed by atoms with Crippen molar-refractivity contribution in [2.24, 2.45) is 0 Å². The van der Waals surface area contributed by atoms with Gasteiger partial charge in [0.1, 0.15) is 5.75 Å². The Bertz CT molecular complexity index is 575. The molecule has 0 aliphatic heterocycles. The highest BCUT2D eigenvalue weighted by atomic mass is 32.1. The van der Waals surface area contributed by atoms with Gasteiger partial charge in [0.15, 0.2) is 5.69 Å². The summed E-state index contributed by atoms with van der Waals surface area (Å²) in [6.45, 7) is 4.50. The third-order valence-electron chi connectivity index (χ3n) is 2.60. The van der Waals surface area contributed by atoms with Crippen molar-refractivity contribution in [3.63, 3.8) is 0 Å². The highest BCUT2D eigenvalue weighted by Gasteiger charge is 2.18. The van der Waals surface area contributed by atoms with Gasteiger partial charge in [0.05, 0.1) is 16.5 Å². The van der Waals surface area contributed by atoms with Crippen LogP contribution >= 0.6 is 11.3 Å². The smallest absolute Gasteiger partial charge is 0.356 e. The van der Waals surface area contributed by atoms with E-state index in [4.69, 9.17) is 4.74 Å². The van der Waals surface area contributed by atoms with Crippen molar-refractivity contribution in [3.8, 4) is 16.2 Å². The van der Waals surface area contributed by atoms with Gasteiger partial charge in [-0.3, -0.25) is 0 Å². The fourth-order valence-corrected chi connectivity index (χ4v) is 2.73. The zero-order valence-electron chi connectivity index (χ0n) is 10.8. The van der Waals surface area contributed by atoms with E-state index in [9.17, 15) is 9.90 Å². The van der Waals surface area contributed by atoms with Gasteiger partial charge in [-0.15, -0.1) is 11.3 Å². The predicted molar refractivity (Wildman–Crippen MR) is 75.1 cm³/mol. The summed E-state index contributed by atoms with van der Waals surface area (Å²) in [5.74, 6) is -0.205. The van der Waals surface area contributed by atoms with Gasteiger partial charge in [-0.05, 0) is 43.2 Å². The number of hydrogen-bond donors (Lipinski definition) is 1. The number of rotatable bonds is 5. The van der Waals surface area contributed by atoms with E-state index < -0.39 is 5.97 Å². The van der Waals surface area contributed by atoms with Crippen molar-refractivity contribution >= 4 is 17.3 Å². The lowest BCUT2D eigenvalue weighted by Crippen LogP contribution is -1.99. The standard InChI is InChI=1S/C14H15NO3S/c1-3-11-15-12(14(16)17)13(19-11)9-5-7-10(8-6-9)18-4-2/h5-8H,3-4H2,1-2H3,(H,16,17). The molecule has 2 aromatic rings. The van der Waals surface area contributed by atoms with Gasteiger partial charge in [-0.25, -0.2) is 9.78 Å². The minimum atomic E-state index is -0.986. The van der Waals surface area contributed by atoms with E-state index in [-0.39, 0.29) is 5.69 Å². The lowest BCUT2D eigenvalue weighted by atomic mass is 10.1. The average molecular weight is 277 g/mol. The molecule has 4 nitrogen and oxygen atoms in total. The highest BCUT2D eigenvalue weighted by Crippen LogP contribution is 2.31. The van der Waals surface area contributed by atoms with E-state index in [1.54, 1.807) is 0 Å². The van der Waals surface area contributed by atoms with Gasteiger partial charge in [0.2, 0.25) is 0 Å². The molecule has 0 aliphatic carbocycles. The third-order valence-corrected chi connectivity index (χ3v) is 3.85. The number of carboxylic acid groups (broad SMARTS) is 1. The van der Waals surface area contributed by atoms with Crippen LogP contribution in [0.3, 0.4) is 0 Å². The molecule has 5 heteroatoms. The maximum absolute atomic E-state index is 11.2. The van der Waals surface area contributed by atoms with Gasteiger partial charge in [-0.2, -0.15) is 0 Å². The molecule has 1 heterocycles. The van der Waals surface area contributed by atoms with Crippen LogP contribution < -0.4 is 4.74 Å². The van der Waals surface area contributed by atoms with E-state index in [0.29, 0.717) is 11.5 Å². The van der Waals surface area contributed by atoms with Crippen molar-refractivity contribution in [1.29, 1.82) is 0 Å². The first-order valence-electron chi connectivity index (χ1n) is 6.12. The van der Waals surface area contributed by atoms with Crippen LogP contribution in [0.4, 0.5) is 0 Å². The third kappa shape index (κ3) is 2.93. The number of thiazole rings is 1. The molecule has 19 heavy (non-hydrogen) atoms. The first-order chi connectivity index (χ1) is 9.15. The molecule has 0 bridgehead atoms. The molecule has 0 atom stereocenters. The molecule has 0 aliphatic rings. The first kappa shape index (κ1) is 13.5. The molecule has 0 fully saturated rings. The van der Waals surface area contributed by atoms with Crippen LogP contribution in [0.25, 0.3) is 10.4 Å². The van der Waals surface area contributed by atoms with Crippen LogP contribution in [-0.4, -0.2) is 22.7 Å². The monoisotopic (exact) mass is 277 g/mol. The quantitative estimate of drug-likeness (QED) is 0.909. The number of aryl methyl sites for hydroxylation is 1. The summed E-state index contributed by atoms with van der Waals surface area (Å²) >= 11 is 1.43. The van der Waals surface area contributed by atoms with Crippen molar-refractivity contribution in [3.05, 3.63) is 35.0 Å². The summed E-state index contributed by atoms with van der Waals surface area (Å²) in [5.41, 5.74) is 0.990. The fourth-order valence-electron chi connectivity index (χ4n) is 1.73. The molecular formula is C14H15NO3S. The normalized spacial score (nSPS) is 10.4. The van der Waals surface area contributed by atoms with Crippen molar-refractivity contribution in [2.45, 2.75) is 20.3 Å². The van der Waals surface area contributed by atoms with Gasteiger partial charge < -0.3 is 9.84 Å². The largest absolute Gasteiger partial charge is 0.494 e. The minimum Gasteiger partial charge on any atom is -0.494 e. The second kappa shape index (κ2) is 5.84. The van der Waals surface area contributed by atoms with Crippen LogP contribution in [0.2, 0.25) is 0 Å². The summed E-state index contributed by atoms with van der Waals surface area (Å²) in [7, 11) is 0. The lowest BCUT2D eigenvalue weighted by Gasteiger charge is -2.04. The first-order valence-corrected chi connectivity index (χ1v) is 6.93. The maximum atomic E-state index is 11.2. The Balaban J connectivity index is 2.39. The molecule has 1 N–H and O–H groups in total. The molecule has 2 rings (SSSR count). The molecule has 0 saturated heterocycles. The van der Waals surface area contributed by atoms with E-state index >= 15 is 0 Å². The van der Waals surface area contributed by atoms with E-state index in [2.05, 4.69) is 4.98 Å². The number of hydrogen-bond acceptors (Lipinski definition) is 4. The van der Waals surface area contributed by atoms with Crippen LogP contribution in [0.5, 0.6) is 5.75 Å². The van der Waals surface area contributed by atoms with Crippen molar-refractivity contribution < 1.29 is 14.6 Å². The zero-order chi connectivity index (χ0) is 13.8. The van der Waals surface area contributed by atoms with E-state index in [1.165, 1.54) is 11.3 Å². The van der Waals surface area contributed by atoms with Crippen molar-refractivity contribution in [1.82, 2.24) is 4.98 Å². The molecule has 0 radical (unpaired) electrons. The number of ether oxygens (including phenoxy) is 1. The van der Waals surface area contributed by atoms with Gasteiger partial charge in [0, 0.05) is 0 Å². The maximum Gasteiger partial charge on any atom is 0.356 e. The summed E-state index contributed by atoms with van der Waals surface area (Å²) in [5, 5.41) is 10.0. The van der Waals surface area contributed by atoms with Crippen LogP contribution in [0, 0.1) is 0 Å². The van der Waals surface area contributed by atoms with Gasteiger partial charge >= 0.3 is 5.97 Å². The molecule has 0 amide bonds. The number of carbonyl (C=O) groups is 1. The Morgan fingerprint density at radius 3 is 2.53 bits per heavy atom. The number of nitrogens with zero attached hydrogens (tertiary/aromatic N) is 1. The number of benzene rings is 1. The highest BCUT2D eigenvalue weighted by molar-refractivity contribution is 7.15. The Morgan fingerprint density at radius 1 is 1.32 bits per heavy atom. The van der Waals surface area contributed by atoms with Gasteiger partial charge in [0.25, 0.3) is 0 Å². The molecule has 1 aromatic carbocycles. The minimum absolute atomic E-state index is 0.131. The molecule has 0 saturated carbocycles. The average Bonchev–Trinajstić information content (AvgIpc) is 2.84. The van der Waals surface area contributed by atoms with Gasteiger partial charge in [-0.1, -0.05) is 6.92 Å². The molecule has 0 spiro atoms. The van der Waals surface area contributed by atoms with Crippen molar-refractivity contribution in [2.75, 3.05) is 6.61 Å². The Morgan fingerprint density at radius 2 is 2.00 bits per heavy atom. The van der Waals surface area contributed by atoms with E-state index in [1.807, 2.05) is 38.1 Å². The molecule has 0 unspecified atom stereocenters. The second-order valence-electron chi connectivity index (χ2n) is 3.90. The van der Waals surface area contributed by atoms with E-state index in [0.717, 1.165) is 22.7 Å².